The van der Waals surface area contributed by atoms with Crippen LogP contribution in [0.4, 0.5) is 0 Å². The van der Waals surface area contributed by atoms with Gasteiger partial charge in [-0.15, -0.1) is 0 Å². The predicted molar refractivity (Wildman–Crippen MR) is 72.2 cm³/mol. The SMILES string of the molecule is CC(C)(C)C[C@H]1O[C@H]2N=C(N)OC2[C@H]1C(C)(C)C. The summed E-state index contributed by atoms with van der Waals surface area (Å²) in [6.07, 6.45) is 0.983. The summed E-state index contributed by atoms with van der Waals surface area (Å²) in [5, 5.41) is 0. The van der Waals surface area contributed by atoms with Crippen LogP contribution in [0.5, 0.6) is 0 Å². The molecule has 0 spiro atoms. The summed E-state index contributed by atoms with van der Waals surface area (Å²) in [6, 6.07) is 0.272. The average molecular weight is 254 g/mol. The zero-order valence-corrected chi connectivity index (χ0v) is 12.4. The highest BCUT2D eigenvalue weighted by Crippen LogP contribution is 2.46. The van der Waals surface area contributed by atoms with E-state index in [2.05, 4.69) is 46.5 Å². The highest BCUT2D eigenvalue weighted by atomic mass is 16.6. The number of ether oxygens (including phenoxy) is 2. The van der Waals surface area contributed by atoms with Crippen LogP contribution in [0, 0.1) is 16.7 Å². The Bertz CT molecular complexity index is 352. The fraction of sp³-hybridized carbons (Fsp3) is 0.929. The second kappa shape index (κ2) is 4.12. The Kier molecular flexibility index (Phi) is 3.13. The molecule has 0 bridgehead atoms. The number of amidine groups is 1. The van der Waals surface area contributed by atoms with E-state index in [0.717, 1.165) is 6.42 Å². The molecule has 2 aliphatic rings. The van der Waals surface area contributed by atoms with Gasteiger partial charge in [-0.1, -0.05) is 41.5 Å². The maximum Gasteiger partial charge on any atom is 0.285 e. The van der Waals surface area contributed by atoms with Gasteiger partial charge < -0.3 is 15.2 Å². The lowest BCUT2D eigenvalue weighted by atomic mass is 9.71. The van der Waals surface area contributed by atoms with Gasteiger partial charge in [0.15, 0.2) is 12.3 Å². The Hall–Kier alpha value is -0.770. The molecule has 0 aromatic carbocycles. The monoisotopic (exact) mass is 254 g/mol. The van der Waals surface area contributed by atoms with Crippen molar-refractivity contribution in [2.24, 2.45) is 27.5 Å². The van der Waals surface area contributed by atoms with E-state index in [-0.39, 0.29) is 35.3 Å². The average Bonchev–Trinajstić information content (AvgIpc) is 2.53. The smallest absolute Gasteiger partial charge is 0.285 e. The maximum absolute atomic E-state index is 6.08. The first-order valence-corrected chi connectivity index (χ1v) is 6.73. The van der Waals surface area contributed by atoms with E-state index >= 15 is 0 Å². The molecule has 0 radical (unpaired) electrons. The Morgan fingerprint density at radius 1 is 1.17 bits per heavy atom. The maximum atomic E-state index is 6.08. The Balaban J connectivity index is 2.20. The van der Waals surface area contributed by atoms with Crippen molar-refractivity contribution in [1.82, 2.24) is 0 Å². The molecule has 1 unspecified atom stereocenters. The molecule has 0 saturated carbocycles. The number of aliphatic imine (C=N–C) groups is 1. The summed E-state index contributed by atoms with van der Waals surface area (Å²) in [5.74, 6) is 0.325. The number of nitrogens with two attached hydrogens (primary N) is 1. The third-order valence-corrected chi connectivity index (χ3v) is 3.67. The van der Waals surface area contributed by atoms with Gasteiger partial charge in [0.25, 0.3) is 6.02 Å². The third-order valence-electron chi connectivity index (χ3n) is 3.67. The van der Waals surface area contributed by atoms with Gasteiger partial charge in [0.1, 0.15) is 0 Å². The zero-order chi connectivity index (χ0) is 13.7. The number of nitrogens with zero attached hydrogens (tertiary/aromatic N) is 1. The lowest BCUT2D eigenvalue weighted by molar-refractivity contribution is -0.00167. The van der Waals surface area contributed by atoms with Gasteiger partial charge >= 0.3 is 0 Å². The third kappa shape index (κ3) is 2.63. The zero-order valence-electron chi connectivity index (χ0n) is 12.4. The van der Waals surface area contributed by atoms with Crippen molar-refractivity contribution in [3.05, 3.63) is 0 Å². The summed E-state index contributed by atoms with van der Waals surface area (Å²) < 4.78 is 11.8. The molecular formula is C14H26N2O2. The van der Waals surface area contributed by atoms with E-state index in [0.29, 0.717) is 5.92 Å². The van der Waals surface area contributed by atoms with Gasteiger partial charge in [-0.25, -0.2) is 0 Å². The number of fused-ring (bicyclic) bond motifs is 1. The van der Waals surface area contributed by atoms with Crippen LogP contribution in [0.15, 0.2) is 4.99 Å². The lowest BCUT2D eigenvalue weighted by Gasteiger charge is -2.35. The van der Waals surface area contributed by atoms with Crippen LogP contribution in [0.25, 0.3) is 0 Å². The molecule has 2 N–H and O–H groups in total. The second-order valence-electron chi connectivity index (χ2n) is 7.77. The van der Waals surface area contributed by atoms with Crippen LogP contribution in [0.3, 0.4) is 0 Å². The van der Waals surface area contributed by atoms with Crippen molar-refractivity contribution >= 4 is 6.02 Å². The molecule has 1 fully saturated rings. The summed E-state index contributed by atoms with van der Waals surface area (Å²) in [4.78, 5) is 4.24. The van der Waals surface area contributed by atoms with E-state index in [1.165, 1.54) is 0 Å². The molecule has 1 saturated heterocycles. The fourth-order valence-corrected chi connectivity index (χ4v) is 3.09. The van der Waals surface area contributed by atoms with E-state index in [4.69, 9.17) is 15.2 Å². The van der Waals surface area contributed by atoms with Gasteiger partial charge in [-0.3, -0.25) is 0 Å². The summed E-state index contributed by atoms with van der Waals surface area (Å²) >= 11 is 0. The molecule has 2 aliphatic heterocycles. The Labute approximate surface area is 110 Å². The van der Waals surface area contributed by atoms with E-state index in [1.54, 1.807) is 0 Å². The molecule has 4 atom stereocenters. The first kappa shape index (κ1) is 13.7. The second-order valence-corrected chi connectivity index (χ2v) is 7.77. The van der Waals surface area contributed by atoms with Gasteiger partial charge in [-0.2, -0.15) is 4.99 Å². The van der Waals surface area contributed by atoms with E-state index in [1.807, 2.05) is 0 Å². The molecular weight excluding hydrogens is 228 g/mol. The first-order chi connectivity index (χ1) is 8.08. The molecule has 0 aromatic rings. The van der Waals surface area contributed by atoms with Crippen LogP contribution in [-0.2, 0) is 9.47 Å². The van der Waals surface area contributed by atoms with Gasteiger partial charge in [0, 0.05) is 5.92 Å². The highest BCUT2D eigenvalue weighted by molar-refractivity contribution is 5.73. The van der Waals surface area contributed by atoms with Crippen molar-refractivity contribution in [3.8, 4) is 0 Å². The molecule has 0 aliphatic carbocycles. The Morgan fingerprint density at radius 3 is 2.28 bits per heavy atom. The van der Waals surface area contributed by atoms with Crippen LogP contribution in [-0.4, -0.2) is 24.5 Å². The predicted octanol–water partition coefficient (Wildman–Crippen LogP) is 2.52. The number of hydrogen-bond acceptors (Lipinski definition) is 4. The highest BCUT2D eigenvalue weighted by Gasteiger charge is 2.54. The molecule has 2 heterocycles. The van der Waals surface area contributed by atoms with Crippen molar-refractivity contribution < 1.29 is 9.47 Å². The molecule has 2 rings (SSSR count). The molecule has 18 heavy (non-hydrogen) atoms. The quantitative estimate of drug-likeness (QED) is 0.782. The normalized spacial score (nSPS) is 36.2. The van der Waals surface area contributed by atoms with Crippen molar-refractivity contribution in [2.45, 2.75) is 66.4 Å². The van der Waals surface area contributed by atoms with Crippen LogP contribution >= 0.6 is 0 Å². The standard InChI is InChI=1S/C14H26N2O2/c1-13(2,3)7-8-9(14(4,5)6)10-11(17-8)16-12(15)18-10/h8-11H,7H2,1-6H3,(H2,15,16)/t8-,9+,10?,11-/m1/s1. The van der Waals surface area contributed by atoms with Crippen LogP contribution in [0.2, 0.25) is 0 Å². The molecule has 0 aromatic heterocycles. The Morgan fingerprint density at radius 2 is 1.78 bits per heavy atom. The lowest BCUT2D eigenvalue weighted by Crippen LogP contribution is -2.39. The van der Waals surface area contributed by atoms with Crippen LogP contribution in [0.1, 0.15) is 48.0 Å². The van der Waals surface area contributed by atoms with Crippen molar-refractivity contribution in [3.63, 3.8) is 0 Å². The first-order valence-electron chi connectivity index (χ1n) is 6.73. The summed E-state index contributed by atoms with van der Waals surface area (Å²) in [5.41, 5.74) is 6.01. The van der Waals surface area contributed by atoms with Crippen molar-refractivity contribution in [2.75, 3.05) is 0 Å². The minimum Gasteiger partial charge on any atom is -0.457 e. The minimum absolute atomic E-state index is 0.0163. The minimum atomic E-state index is -0.207. The fourth-order valence-electron chi connectivity index (χ4n) is 3.09. The number of rotatable bonds is 1. The summed E-state index contributed by atoms with van der Waals surface area (Å²) in [7, 11) is 0. The van der Waals surface area contributed by atoms with Crippen LogP contribution < -0.4 is 5.73 Å². The molecule has 4 heteroatoms. The van der Waals surface area contributed by atoms with Gasteiger partial charge in [0.2, 0.25) is 0 Å². The molecule has 104 valence electrons. The van der Waals surface area contributed by atoms with Gasteiger partial charge in [-0.05, 0) is 17.3 Å². The molecule has 0 amide bonds. The van der Waals surface area contributed by atoms with E-state index < -0.39 is 0 Å². The largest absolute Gasteiger partial charge is 0.457 e. The molecule has 4 nitrogen and oxygen atoms in total. The van der Waals surface area contributed by atoms with Gasteiger partial charge in [0.05, 0.1) is 6.10 Å². The van der Waals surface area contributed by atoms with Crippen molar-refractivity contribution in [1.29, 1.82) is 0 Å². The topological polar surface area (TPSA) is 56.8 Å². The number of hydrogen-bond donors (Lipinski definition) is 1. The van der Waals surface area contributed by atoms with E-state index in [9.17, 15) is 0 Å². The summed E-state index contributed by atoms with van der Waals surface area (Å²) in [6.45, 7) is 13.4.